The third-order valence-corrected chi connectivity index (χ3v) is 7.38. The van der Waals surface area contributed by atoms with Gasteiger partial charge in [-0.15, -0.1) is 0 Å². The van der Waals surface area contributed by atoms with Crippen molar-refractivity contribution in [2.45, 2.75) is 32.6 Å². The minimum atomic E-state index is -0.973. The molecule has 0 bridgehead atoms. The summed E-state index contributed by atoms with van der Waals surface area (Å²) in [6.45, 7) is 5.15. The lowest BCUT2D eigenvalue weighted by atomic mass is 9.90. The van der Waals surface area contributed by atoms with E-state index in [4.69, 9.17) is 19.0 Å². The highest BCUT2D eigenvalue weighted by molar-refractivity contribution is 6.24. The van der Waals surface area contributed by atoms with Gasteiger partial charge in [0.1, 0.15) is 18.3 Å². The minimum absolute atomic E-state index is 0.319. The van der Waals surface area contributed by atoms with Crippen molar-refractivity contribution in [3.8, 4) is 17.2 Å². The molecule has 2 amide bonds. The van der Waals surface area contributed by atoms with Gasteiger partial charge in [0, 0.05) is 0 Å². The Kier molecular flexibility index (Phi) is 7.79. The topological polar surface area (TPSA) is 77.5 Å². The Labute approximate surface area is 244 Å². The smallest absolute Gasteiger partial charge is 0.266 e. The standard InChI is InChI=1S/C34H32N2O6/c1-3-39-27-18-16-25(17-19-27)35-33(37)30-31(36(42-32(30)34(35)38)26-13-9-6-10-14-26)24-15-20-28(29(21-24)40-4-2)41-22-23-11-7-5-8-12-23/h5-21,30-32H,3-4,22H2,1-2H3/t30-,31+,32-/m1/s1. The predicted octanol–water partition coefficient (Wildman–Crippen LogP) is 6.11. The lowest BCUT2D eigenvalue weighted by molar-refractivity contribution is -0.126. The lowest BCUT2D eigenvalue weighted by Gasteiger charge is -2.29. The first-order valence-corrected chi connectivity index (χ1v) is 14.1. The Morgan fingerprint density at radius 3 is 2.07 bits per heavy atom. The zero-order valence-corrected chi connectivity index (χ0v) is 23.5. The third kappa shape index (κ3) is 5.17. The first-order chi connectivity index (χ1) is 20.6. The molecule has 42 heavy (non-hydrogen) atoms. The summed E-state index contributed by atoms with van der Waals surface area (Å²) in [5, 5.41) is 1.68. The van der Waals surface area contributed by atoms with Crippen LogP contribution in [0.15, 0.2) is 103 Å². The van der Waals surface area contributed by atoms with E-state index < -0.39 is 24.0 Å². The highest BCUT2D eigenvalue weighted by Crippen LogP contribution is 2.49. The SMILES string of the molecule is CCOc1ccc(N2C(=O)[C@H]3[C@@H](ON(c4ccccc4)[C@H]3c3ccc(OCc4ccccc4)c(OCC)c3)C2=O)cc1. The highest BCUT2D eigenvalue weighted by Gasteiger charge is 2.60. The van der Waals surface area contributed by atoms with Crippen molar-refractivity contribution in [2.24, 2.45) is 5.92 Å². The molecule has 0 aliphatic carbocycles. The molecule has 2 aliphatic rings. The van der Waals surface area contributed by atoms with Crippen LogP contribution in [-0.4, -0.2) is 31.1 Å². The van der Waals surface area contributed by atoms with E-state index in [1.165, 1.54) is 4.90 Å². The molecule has 214 valence electrons. The molecule has 2 saturated heterocycles. The van der Waals surface area contributed by atoms with Gasteiger partial charge in [0.05, 0.1) is 30.6 Å². The quantitative estimate of drug-likeness (QED) is 0.215. The molecule has 0 unspecified atom stereocenters. The highest BCUT2D eigenvalue weighted by atomic mass is 16.7. The first-order valence-electron chi connectivity index (χ1n) is 14.1. The number of ether oxygens (including phenoxy) is 3. The fraction of sp³-hybridized carbons (Fsp3) is 0.235. The van der Waals surface area contributed by atoms with Crippen molar-refractivity contribution in [1.82, 2.24) is 0 Å². The van der Waals surface area contributed by atoms with Gasteiger partial charge in [-0.1, -0.05) is 54.6 Å². The molecule has 0 spiro atoms. The Balaban J connectivity index is 1.35. The maximum absolute atomic E-state index is 14.0. The normalized spacial score (nSPS) is 19.6. The zero-order valence-electron chi connectivity index (χ0n) is 23.5. The summed E-state index contributed by atoms with van der Waals surface area (Å²) in [6, 6.07) is 31.4. The molecule has 8 heteroatoms. The molecule has 2 fully saturated rings. The van der Waals surface area contributed by atoms with Crippen molar-refractivity contribution < 1.29 is 28.6 Å². The van der Waals surface area contributed by atoms with E-state index in [1.807, 2.05) is 92.7 Å². The number of rotatable bonds is 10. The van der Waals surface area contributed by atoms with Gasteiger partial charge < -0.3 is 14.2 Å². The predicted molar refractivity (Wildman–Crippen MR) is 159 cm³/mol. The second kappa shape index (κ2) is 12.0. The number of fused-ring (bicyclic) bond motifs is 1. The number of carbonyl (C=O) groups is 2. The number of carbonyl (C=O) groups excluding carboxylic acids is 2. The van der Waals surface area contributed by atoms with E-state index in [9.17, 15) is 9.59 Å². The number of hydroxylamine groups is 1. The van der Waals surface area contributed by atoms with E-state index in [2.05, 4.69) is 0 Å². The number of anilines is 2. The summed E-state index contributed by atoms with van der Waals surface area (Å²) in [5.74, 6) is 0.335. The van der Waals surface area contributed by atoms with E-state index in [0.717, 1.165) is 16.8 Å². The molecular formula is C34H32N2O6. The maximum Gasteiger partial charge on any atom is 0.266 e. The van der Waals surface area contributed by atoms with Gasteiger partial charge in [-0.25, -0.2) is 9.96 Å². The zero-order chi connectivity index (χ0) is 29.1. The van der Waals surface area contributed by atoms with Crippen LogP contribution >= 0.6 is 0 Å². The summed E-state index contributed by atoms with van der Waals surface area (Å²) < 4.78 is 17.6. The molecule has 4 aromatic rings. The number of benzene rings is 4. The number of amides is 2. The van der Waals surface area contributed by atoms with Crippen LogP contribution in [0.25, 0.3) is 0 Å². The van der Waals surface area contributed by atoms with Crippen molar-refractivity contribution >= 4 is 23.2 Å². The molecule has 4 aromatic carbocycles. The summed E-state index contributed by atoms with van der Waals surface area (Å²) in [5.41, 5.74) is 3.04. The van der Waals surface area contributed by atoms with E-state index in [0.29, 0.717) is 42.8 Å². The van der Waals surface area contributed by atoms with Gasteiger partial charge in [0.25, 0.3) is 5.91 Å². The maximum atomic E-state index is 14.0. The molecule has 2 heterocycles. The van der Waals surface area contributed by atoms with Crippen LogP contribution in [0.1, 0.15) is 31.0 Å². The van der Waals surface area contributed by atoms with Gasteiger partial charge >= 0.3 is 0 Å². The van der Waals surface area contributed by atoms with Gasteiger partial charge in [-0.05, 0) is 73.5 Å². The van der Waals surface area contributed by atoms with E-state index in [1.54, 1.807) is 29.3 Å². The lowest BCUT2D eigenvalue weighted by Crippen LogP contribution is -2.37. The first kappa shape index (κ1) is 27.4. The van der Waals surface area contributed by atoms with Gasteiger partial charge in [0.2, 0.25) is 5.91 Å². The van der Waals surface area contributed by atoms with Gasteiger partial charge in [-0.2, -0.15) is 0 Å². The number of nitrogens with zero attached hydrogens (tertiary/aromatic N) is 2. The Morgan fingerprint density at radius 1 is 0.690 bits per heavy atom. The minimum Gasteiger partial charge on any atom is -0.494 e. The molecule has 0 aromatic heterocycles. The fourth-order valence-corrected chi connectivity index (χ4v) is 5.50. The van der Waals surface area contributed by atoms with Crippen molar-refractivity contribution in [3.05, 3.63) is 114 Å². The average Bonchev–Trinajstić information content (AvgIpc) is 3.53. The number of imide groups is 1. The summed E-state index contributed by atoms with van der Waals surface area (Å²) in [6.07, 6.45) is -0.973. The van der Waals surface area contributed by atoms with Crippen LogP contribution in [0, 0.1) is 5.92 Å². The number of para-hydroxylation sites is 1. The van der Waals surface area contributed by atoms with Crippen molar-refractivity contribution in [1.29, 1.82) is 0 Å². The second-order valence-electron chi connectivity index (χ2n) is 10.0. The van der Waals surface area contributed by atoms with Crippen molar-refractivity contribution in [3.63, 3.8) is 0 Å². The Hall–Kier alpha value is -4.82. The second-order valence-corrected chi connectivity index (χ2v) is 10.0. The van der Waals surface area contributed by atoms with Crippen LogP contribution in [0.5, 0.6) is 17.2 Å². The summed E-state index contributed by atoms with van der Waals surface area (Å²) >= 11 is 0. The Bertz CT molecular complexity index is 1540. The summed E-state index contributed by atoms with van der Waals surface area (Å²) in [4.78, 5) is 35.2. The van der Waals surface area contributed by atoms with Crippen molar-refractivity contribution in [2.75, 3.05) is 23.2 Å². The van der Waals surface area contributed by atoms with Crippen LogP contribution in [-0.2, 0) is 21.0 Å². The van der Waals surface area contributed by atoms with E-state index in [-0.39, 0.29) is 5.91 Å². The number of hydrogen-bond acceptors (Lipinski definition) is 7. The molecule has 0 N–H and O–H groups in total. The molecule has 8 nitrogen and oxygen atoms in total. The van der Waals surface area contributed by atoms with E-state index >= 15 is 0 Å². The van der Waals surface area contributed by atoms with Crippen LogP contribution < -0.4 is 24.2 Å². The monoisotopic (exact) mass is 564 g/mol. The van der Waals surface area contributed by atoms with Crippen LogP contribution in [0.2, 0.25) is 0 Å². The molecular weight excluding hydrogens is 532 g/mol. The number of hydrogen-bond donors (Lipinski definition) is 0. The largest absolute Gasteiger partial charge is 0.494 e. The third-order valence-electron chi connectivity index (χ3n) is 7.38. The molecule has 2 aliphatic heterocycles. The summed E-state index contributed by atoms with van der Waals surface area (Å²) in [7, 11) is 0. The molecule has 3 atom stereocenters. The average molecular weight is 565 g/mol. The van der Waals surface area contributed by atoms with Crippen LogP contribution in [0.3, 0.4) is 0 Å². The van der Waals surface area contributed by atoms with Gasteiger partial charge in [0.15, 0.2) is 17.6 Å². The van der Waals surface area contributed by atoms with Crippen LogP contribution in [0.4, 0.5) is 11.4 Å². The fourth-order valence-electron chi connectivity index (χ4n) is 5.50. The van der Waals surface area contributed by atoms with Gasteiger partial charge in [-0.3, -0.25) is 14.4 Å². The Morgan fingerprint density at radius 2 is 1.38 bits per heavy atom. The molecule has 0 saturated carbocycles. The molecule has 0 radical (unpaired) electrons. The molecule has 6 rings (SSSR count).